The maximum atomic E-state index is 12.7. The second-order valence-electron chi connectivity index (χ2n) is 6.50. The molecular formula is C18H22N4O2. The highest BCUT2D eigenvalue weighted by Crippen LogP contribution is 2.48. The molecule has 6 heteroatoms. The molecule has 1 aromatic carbocycles. The smallest absolute Gasteiger partial charge is 0.318 e. The van der Waals surface area contributed by atoms with Crippen molar-refractivity contribution in [3.63, 3.8) is 0 Å². The fourth-order valence-electron chi connectivity index (χ4n) is 3.40. The number of hydrogen-bond donors (Lipinski definition) is 0. The van der Waals surface area contributed by atoms with Gasteiger partial charge in [0.15, 0.2) is 0 Å². The zero-order valence-electron chi connectivity index (χ0n) is 13.9. The maximum Gasteiger partial charge on any atom is 0.318 e. The lowest BCUT2D eigenvalue weighted by Gasteiger charge is -2.33. The topological polar surface area (TPSA) is 62.5 Å². The molecule has 2 aliphatic rings. The molecule has 1 saturated carbocycles. The molecule has 2 heterocycles. The molecule has 1 aliphatic carbocycles. The number of benzene rings is 1. The molecule has 2 atom stereocenters. The summed E-state index contributed by atoms with van der Waals surface area (Å²) in [5.74, 6) is 1.52. The average Bonchev–Trinajstić information content (AvgIpc) is 3.31. The summed E-state index contributed by atoms with van der Waals surface area (Å²) in [6.45, 7) is 4.94. The first-order chi connectivity index (χ1) is 11.8. The van der Waals surface area contributed by atoms with Crippen LogP contribution in [0.25, 0.3) is 0 Å². The third-order valence-electron chi connectivity index (χ3n) is 4.96. The van der Waals surface area contributed by atoms with Crippen LogP contribution in [0, 0.1) is 5.92 Å². The van der Waals surface area contributed by atoms with E-state index in [2.05, 4.69) is 27.2 Å². The number of aryl methyl sites for hydroxylation is 1. The van der Waals surface area contributed by atoms with Crippen LogP contribution in [-0.2, 0) is 11.2 Å². The Bertz CT molecular complexity index is 707. The van der Waals surface area contributed by atoms with Crippen LogP contribution in [0.15, 0.2) is 34.7 Å². The van der Waals surface area contributed by atoms with Crippen LogP contribution in [0.5, 0.6) is 0 Å². The third kappa shape index (κ3) is 2.88. The molecule has 24 heavy (non-hydrogen) atoms. The molecule has 2 unspecified atom stereocenters. The monoisotopic (exact) mass is 326 g/mol. The van der Waals surface area contributed by atoms with Crippen LogP contribution in [0.2, 0.25) is 0 Å². The number of amides is 1. The number of nitrogens with zero attached hydrogens (tertiary/aromatic N) is 4. The molecule has 4 rings (SSSR count). The lowest BCUT2D eigenvalue weighted by Crippen LogP contribution is -2.49. The molecule has 2 fully saturated rings. The van der Waals surface area contributed by atoms with E-state index in [1.165, 1.54) is 5.56 Å². The normalized spacial score (nSPS) is 23.4. The Kier molecular flexibility index (Phi) is 3.96. The van der Waals surface area contributed by atoms with E-state index >= 15 is 0 Å². The minimum absolute atomic E-state index is 0.161. The van der Waals surface area contributed by atoms with E-state index in [0.29, 0.717) is 23.7 Å². The molecule has 1 aromatic heterocycles. The van der Waals surface area contributed by atoms with Crippen molar-refractivity contribution in [2.75, 3.05) is 31.1 Å². The van der Waals surface area contributed by atoms with Gasteiger partial charge in [-0.1, -0.05) is 42.4 Å². The second kappa shape index (κ2) is 6.26. The van der Waals surface area contributed by atoms with E-state index < -0.39 is 0 Å². The van der Waals surface area contributed by atoms with Gasteiger partial charge in [0.1, 0.15) is 0 Å². The number of piperazine rings is 1. The van der Waals surface area contributed by atoms with Crippen LogP contribution in [-0.4, -0.2) is 47.2 Å². The molecule has 6 nitrogen and oxygen atoms in total. The summed E-state index contributed by atoms with van der Waals surface area (Å²) in [6, 6.07) is 10.9. The molecule has 1 saturated heterocycles. The molecule has 0 radical (unpaired) electrons. The standard InChI is InChI=1S/C18H22N4O2/c1-2-16-19-20-18(24-16)22-10-8-21(9-11-22)17(23)15-12-14(15)13-6-4-3-5-7-13/h3-7,14-15H,2,8-12H2,1H3. The lowest BCUT2D eigenvalue weighted by atomic mass is 10.1. The molecule has 0 N–H and O–H groups in total. The number of carbonyl (C=O) groups is 1. The first-order valence-corrected chi connectivity index (χ1v) is 8.67. The average molecular weight is 326 g/mol. The highest BCUT2D eigenvalue weighted by atomic mass is 16.4. The van der Waals surface area contributed by atoms with Crippen molar-refractivity contribution >= 4 is 11.9 Å². The molecule has 0 spiro atoms. The van der Waals surface area contributed by atoms with Crippen LogP contribution < -0.4 is 4.90 Å². The number of aromatic nitrogens is 2. The minimum Gasteiger partial charge on any atom is -0.408 e. The second-order valence-corrected chi connectivity index (χ2v) is 6.50. The van der Waals surface area contributed by atoms with Crippen molar-refractivity contribution in [2.24, 2.45) is 5.92 Å². The van der Waals surface area contributed by atoms with Crippen LogP contribution in [0.1, 0.15) is 30.7 Å². The fourth-order valence-corrected chi connectivity index (χ4v) is 3.40. The molecular weight excluding hydrogens is 304 g/mol. The zero-order valence-corrected chi connectivity index (χ0v) is 13.9. The lowest BCUT2D eigenvalue weighted by molar-refractivity contribution is -0.133. The quantitative estimate of drug-likeness (QED) is 0.861. The van der Waals surface area contributed by atoms with E-state index in [1.807, 2.05) is 30.0 Å². The number of rotatable bonds is 4. The van der Waals surface area contributed by atoms with Crippen molar-refractivity contribution in [3.05, 3.63) is 41.8 Å². The van der Waals surface area contributed by atoms with Crippen LogP contribution in [0.4, 0.5) is 6.01 Å². The number of anilines is 1. The largest absolute Gasteiger partial charge is 0.408 e. The van der Waals surface area contributed by atoms with E-state index in [9.17, 15) is 4.79 Å². The summed E-state index contributed by atoms with van der Waals surface area (Å²) in [5, 5.41) is 8.09. The Morgan fingerprint density at radius 3 is 2.58 bits per heavy atom. The van der Waals surface area contributed by atoms with Crippen molar-refractivity contribution in [2.45, 2.75) is 25.7 Å². The van der Waals surface area contributed by atoms with Gasteiger partial charge in [0.2, 0.25) is 11.8 Å². The minimum atomic E-state index is 0.161. The van der Waals surface area contributed by atoms with Gasteiger partial charge >= 0.3 is 6.01 Å². The Labute approximate surface area is 141 Å². The van der Waals surface area contributed by atoms with Crippen molar-refractivity contribution in [1.29, 1.82) is 0 Å². The van der Waals surface area contributed by atoms with Crippen molar-refractivity contribution < 1.29 is 9.21 Å². The first-order valence-electron chi connectivity index (χ1n) is 8.67. The van der Waals surface area contributed by atoms with Crippen molar-refractivity contribution in [3.8, 4) is 0 Å². The Morgan fingerprint density at radius 2 is 1.92 bits per heavy atom. The SMILES string of the molecule is CCc1nnc(N2CCN(C(=O)C3CC3c3ccccc3)CC2)o1. The van der Waals surface area contributed by atoms with E-state index in [1.54, 1.807) is 0 Å². The van der Waals surface area contributed by atoms with Gasteiger partial charge in [-0.25, -0.2) is 0 Å². The Hall–Kier alpha value is -2.37. The molecule has 2 aromatic rings. The summed E-state index contributed by atoms with van der Waals surface area (Å²) < 4.78 is 5.60. The van der Waals surface area contributed by atoms with Gasteiger partial charge < -0.3 is 14.2 Å². The Balaban J connectivity index is 1.32. The van der Waals surface area contributed by atoms with Gasteiger partial charge in [0.05, 0.1) is 0 Å². The van der Waals surface area contributed by atoms with Gasteiger partial charge in [-0.3, -0.25) is 4.79 Å². The van der Waals surface area contributed by atoms with E-state index in [-0.39, 0.29) is 5.92 Å². The van der Waals surface area contributed by atoms with Gasteiger partial charge in [0.25, 0.3) is 0 Å². The summed E-state index contributed by atoms with van der Waals surface area (Å²) in [5.41, 5.74) is 1.28. The first kappa shape index (κ1) is 15.2. The summed E-state index contributed by atoms with van der Waals surface area (Å²) in [6.07, 6.45) is 1.72. The Morgan fingerprint density at radius 1 is 1.17 bits per heavy atom. The number of hydrogen-bond acceptors (Lipinski definition) is 5. The molecule has 1 amide bonds. The summed E-state index contributed by atoms with van der Waals surface area (Å²) >= 11 is 0. The van der Waals surface area contributed by atoms with Gasteiger partial charge in [-0.05, 0) is 17.9 Å². The fraction of sp³-hybridized carbons (Fsp3) is 0.500. The molecule has 126 valence electrons. The third-order valence-corrected chi connectivity index (χ3v) is 4.96. The van der Waals surface area contributed by atoms with Crippen LogP contribution in [0.3, 0.4) is 0 Å². The maximum absolute atomic E-state index is 12.7. The summed E-state index contributed by atoms with van der Waals surface area (Å²) in [7, 11) is 0. The van der Waals surface area contributed by atoms with Gasteiger partial charge in [0, 0.05) is 38.5 Å². The predicted octanol–water partition coefficient (Wildman–Crippen LogP) is 2.08. The van der Waals surface area contributed by atoms with Gasteiger partial charge in [-0.2, -0.15) is 0 Å². The van der Waals surface area contributed by atoms with E-state index in [0.717, 1.165) is 39.0 Å². The highest BCUT2D eigenvalue weighted by Gasteiger charge is 2.46. The summed E-state index contributed by atoms with van der Waals surface area (Å²) in [4.78, 5) is 16.7. The van der Waals surface area contributed by atoms with Crippen molar-refractivity contribution in [1.82, 2.24) is 15.1 Å². The predicted molar refractivity (Wildman–Crippen MR) is 89.8 cm³/mol. The number of carbonyl (C=O) groups excluding carboxylic acids is 1. The molecule has 1 aliphatic heterocycles. The van der Waals surface area contributed by atoms with Gasteiger partial charge in [-0.15, -0.1) is 5.10 Å². The van der Waals surface area contributed by atoms with E-state index in [4.69, 9.17) is 4.42 Å². The highest BCUT2D eigenvalue weighted by molar-refractivity contribution is 5.83. The zero-order chi connectivity index (χ0) is 16.5. The molecule has 0 bridgehead atoms. The van der Waals surface area contributed by atoms with Crippen LogP contribution >= 0.6 is 0 Å².